The molecular formula is C14H21N3O. The van der Waals surface area contributed by atoms with Crippen LogP contribution in [0.4, 0.5) is 0 Å². The van der Waals surface area contributed by atoms with E-state index in [2.05, 4.69) is 35.2 Å². The van der Waals surface area contributed by atoms with E-state index in [1.54, 1.807) is 0 Å². The van der Waals surface area contributed by atoms with Crippen LogP contribution in [-0.4, -0.2) is 18.0 Å². The Bertz CT molecular complexity index is 393. The SMILES string of the molecule is CCC(C)NC(=O)C1CC(c2ccccc2)NN1. The van der Waals surface area contributed by atoms with Gasteiger partial charge in [0.15, 0.2) is 0 Å². The zero-order valence-corrected chi connectivity index (χ0v) is 10.9. The Morgan fingerprint density at radius 3 is 2.78 bits per heavy atom. The molecule has 1 fully saturated rings. The summed E-state index contributed by atoms with van der Waals surface area (Å²) in [5, 5.41) is 3.00. The lowest BCUT2D eigenvalue weighted by Crippen LogP contribution is -2.45. The number of benzene rings is 1. The van der Waals surface area contributed by atoms with Gasteiger partial charge in [0.25, 0.3) is 0 Å². The second kappa shape index (κ2) is 5.98. The van der Waals surface area contributed by atoms with Gasteiger partial charge in [-0.25, -0.2) is 10.9 Å². The lowest BCUT2D eigenvalue weighted by atomic mass is 10.0. The first-order valence-corrected chi connectivity index (χ1v) is 6.57. The van der Waals surface area contributed by atoms with Crippen molar-refractivity contribution in [2.75, 3.05) is 0 Å². The Hall–Kier alpha value is -1.39. The zero-order chi connectivity index (χ0) is 13.0. The minimum Gasteiger partial charge on any atom is -0.352 e. The summed E-state index contributed by atoms with van der Waals surface area (Å²) in [4.78, 5) is 12.0. The van der Waals surface area contributed by atoms with Crippen LogP contribution in [0.5, 0.6) is 0 Å². The molecule has 3 atom stereocenters. The normalized spacial score (nSPS) is 24.8. The molecule has 3 unspecified atom stereocenters. The second-order valence-electron chi connectivity index (χ2n) is 4.86. The van der Waals surface area contributed by atoms with Crippen LogP contribution in [0.3, 0.4) is 0 Å². The van der Waals surface area contributed by atoms with Gasteiger partial charge in [-0.1, -0.05) is 37.3 Å². The van der Waals surface area contributed by atoms with Gasteiger partial charge in [-0.2, -0.15) is 0 Å². The van der Waals surface area contributed by atoms with Crippen molar-refractivity contribution >= 4 is 5.91 Å². The summed E-state index contributed by atoms with van der Waals surface area (Å²) >= 11 is 0. The third-order valence-corrected chi connectivity index (χ3v) is 3.42. The standard InChI is InChI=1S/C14H21N3O/c1-3-10(2)15-14(18)13-9-12(16-17-13)11-7-5-4-6-8-11/h4-8,10,12-13,16-17H,3,9H2,1-2H3,(H,15,18). The van der Waals surface area contributed by atoms with Gasteiger partial charge < -0.3 is 5.32 Å². The van der Waals surface area contributed by atoms with Crippen LogP contribution in [0, 0.1) is 0 Å². The number of hydrogen-bond acceptors (Lipinski definition) is 3. The molecule has 2 rings (SSSR count). The van der Waals surface area contributed by atoms with Crippen LogP contribution in [-0.2, 0) is 4.79 Å². The van der Waals surface area contributed by atoms with Crippen LogP contribution in [0.15, 0.2) is 30.3 Å². The van der Waals surface area contributed by atoms with Crippen molar-refractivity contribution in [1.29, 1.82) is 0 Å². The van der Waals surface area contributed by atoms with E-state index in [1.165, 1.54) is 5.56 Å². The number of amides is 1. The average Bonchev–Trinajstić information content (AvgIpc) is 2.89. The highest BCUT2D eigenvalue weighted by molar-refractivity contribution is 5.82. The Morgan fingerprint density at radius 1 is 1.39 bits per heavy atom. The molecule has 0 aromatic heterocycles. The van der Waals surface area contributed by atoms with Crippen molar-refractivity contribution in [1.82, 2.24) is 16.2 Å². The van der Waals surface area contributed by atoms with Crippen LogP contribution in [0.25, 0.3) is 0 Å². The molecule has 1 heterocycles. The number of hydrazine groups is 1. The molecule has 3 N–H and O–H groups in total. The summed E-state index contributed by atoms with van der Waals surface area (Å²) in [6, 6.07) is 10.5. The highest BCUT2D eigenvalue weighted by Crippen LogP contribution is 2.21. The smallest absolute Gasteiger partial charge is 0.238 e. The van der Waals surface area contributed by atoms with Gasteiger partial charge in [0.1, 0.15) is 6.04 Å². The van der Waals surface area contributed by atoms with E-state index >= 15 is 0 Å². The summed E-state index contributed by atoms with van der Waals surface area (Å²) in [5.74, 6) is 0.0790. The van der Waals surface area contributed by atoms with Crippen LogP contribution >= 0.6 is 0 Å². The third-order valence-electron chi connectivity index (χ3n) is 3.42. The maximum absolute atomic E-state index is 12.0. The number of carbonyl (C=O) groups is 1. The summed E-state index contributed by atoms with van der Waals surface area (Å²) < 4.78 is 0. The summed E-state index contributed by atoms with van der Waals surface area (Å²) in [6.07, 6.45) is 1.74. The highest BCUT2D eigenvalue weighted by Gasteiger charge is 2.30. The molecule has 0 radical (unpaired) electrons. The minimum atomic E-state index is -0.149. The number of rotatable bonds is 4. The van der Waals surface area contributed by atoms with Crippen molar-refractivity contribution in [2.45, 2.75) is 44.8 Å². The van der Waals surface area contributed by atoms with E-state index in [0.29, 0.717) is 0 Å². The first-order valence-electron chi connectivity index (χ1n) is 6.57. The molecule has 0 aliphatic carbocycles. The minimum absolute atomic E-state index is 0.0790. The van der Waals surface area contributed by atoms with E-state index in [4.69, 9.17) is 0 Å². The van der Waals surface area contributed by atoms with Gasteiger partial charge in [0, 0.05) is 12.1 Å². The van der Waals surface area contributed by atoms with Crippen LogP contribution in [0.1, 0.15) is 38.3 Å². The van der Waals surface area contributed by atoms with Crippen molar-refractivity contribution < 1.29 is 4.79 Å². The largest absolute Gasteiger partial charge is 0.352 e. The lowest BCUT2D eigenvalue weighted by molar-refractivity contribution is -0.123. The molecule has 1 saturated heterocycles. The van der Waals surface area contributed by atoms with Gasteiger partial charge in [0.2, 0.25) is 5.91 Å². The highest BCUT2D eigenvalue weighted by atomic mass is 16.2. The number of carbonyl (C=O) groups excluding carboxylic acids is 1. The molecule has 0 bridgehead atoms. The first kappa shape index (κ1) is 13.1. The maximum Gasteiger partial charge on any atom is 0.238 e. The predicted octanol–water partition coefficient (Wildman–Crippen LogP) is 1.51. The van der Waals surface area contributed by atoms with Crippen molar-refractivity contribution in [3.8, 4) is 0 Å². The topological polar surface area (TPSA) is 53.2 Å². The van der Waals surface area contributed by atoms with E-state index in [0.717, 1.165) is 12.8 Å². The first-order chi connectivity index (χ1) is 8.70. The van der Waals surface area contributed by atoms with Crippen molar-refractivity contribution in [3.05, 3.63) is 35.9 Å². The lowest BCUT2D eigenvalue weighted by Gasteiger charge is -2.15. The quantitative estimate of drug-likeness (QED) is 0.756. The summed E-state index contributed by atoms with van der Waals surface area (Å²) in [6.45, 7) is 4.09. The van der Waals surface area contributed by atoms with Gasteiger partial charge in [-0.15, -0.1) is 0 Å². The fourth-order valence-electron chi connectivity index (χ4n) is 2.08. The molecule has 18 heavy (non-hydrogen) atoms. The molecule has 1 aliphatic heterocycles. The Kier molecular flexibility index (Phi) is 4.33. The molecule has 0 saturated carbocycles. The molecule has 98 valence electrons. The molecule has 1 amide bonds. The van der Waals surface area contributed by atoms with Crippen molar-refractivity contribution in [3.63, 3.8) is 0 Å². The molecule has 4 heteroatoms. The average molecular weight is 247 g/mol. The summed E-state index contributed by atoms with van der Waals surface area (Å²) in [7, 11) is 0. The predicted molar refractivity (Wildman–Crippen MR) is 71.8 cm³/mol. The molecule has 1 aliphatic rings. The van der Waals surface area contributed by atoms with E-state index in [-0.39, 0.29) is 24.0 Å². The monoisotopic (exact) mass is 247 g/mol. The Morgan fingerprint density at radius 2 is 2.11 bits per heavy atom. The van der Waals surface area contributed by atoms with Gasteiger partial charge in [-0.05, 0) is 25.3 Å². The fourth-order valence-corrected chi connectivity index (χ4v) is 2.08. The maximum atomic E-state index is 12.0. The number of hydrogen-bond donors (Lipinski definition) is 3. The number of nitrogens with one attached hydrogen (secondary N) is 3. The van der Waals surface area contributed by atoms with E-state index < -0.39 is 0 Å². The Labute approximate surface area is 108 Å². The molecule has 1 aromatic rings. The van der Waals surface area contributed by atoms with E-state index in [9.17, 15) is 4.79 Å². The second-order valence-corrected chi connectivity index (χ2v) is 4.86. The fraction of sp³-hybridized carbons (Fsp3) is 0.500. The van der Waals surface area contributed by atoms with Crippen molar-refractivity contribution in [2.24, 2.45) is 0 Å². The summed E-state index contributed by atoms with van der Waals surface area (Å²) in [5.41, 5.74) is 7.47. The molecule has 1 aromatic carbocycles. The van der Waals surface area contributed by atoms with Crippen LogP contribution < -0.4 is 16.2 Å². The molecule has 4 nitrogen and oxygen atoms in total. The van der Waals surface area contributed by atoms with Crippen LogP contribution in [0.2, 0.25) is 0 Å². The van der Waals surface area contributed by atoms with Gasteiger partial charge in [-0.3, -0.25) is 4.79 Å². The van der Waals surface area contributed by atoms with Gasteiger partial charge in [0.05, 0.1) is 0 Å². The van der Waals surface area contributed by atoms with Gasteiger partial charge >= 0.3 is 0 Å². The molecular weight excluding hydrogens is 226 g/mol. The zero-order valence-electron chi connectivity index (χ0n) is 10.9. The Balaban J connectivity index is 1.90. The van der Waals surface area contributed by atoms with E-state index in [1.807, 2.05) is 25.1 Å². The molecule has 0 spiro atoms. The third kappa shape index (κ3) is 3.09.